The number of carbonyl (C=O) groups is 1. The van der Waals surface area contributed by atoms with Gasteiger partial charge >= 0.3 is 11.9 Å². The first kappa shape index (κ1) is 29.6. The molecule has 9 heteroatoms. The number of hydrogen-bond acceptors (Lipinski definition) is 3. The summed E-state index contributed by atoms with van der Waals surface area (Å²) in [6.07, 6.45) is -1.07. The van der Waals surface area contributed by atoms with Crippen molar-refractivity contribution < 1.29 is 32.3 Å². The van der Waals surface area contributed by atoms with Crippen molar-refractivity contribution in [1.29, 1.82) is 0 Å². The van der Waals surface area contributed by atoms with Gasteiger partial charge < -0.3 is 10.6 Å². The summed E-state index contributed by atoms with van der Waals surface area (Å²) in [6.45, 7) is 12.9. The van der Waals surface area contributed by atoms with E-state index < -0.39 is 23.8 Å². The van der Waals surface area contributed by atoms with Gasteiger partial charge in [0.1, 0.15) is 5.82 Å². The maximum atomic E-state index is 13.0. The number of amides is 1. The van der Waals surface area contributed by atoms with Crippen LogP contribution in [0.3, 0.4) is 0 Å². The molecule has 0 aliphatic rings. The van der Waals surface area contributed by atoms with Crippen LogP contribution in [0.25, 0.3) is 5.57 Å². The molecule has 33 heavy (non-hydrogen) atoms. The second kappa shape index (κ2) is 13.9. The Labute approximate surface area is 192 Å². The molecular weight excluding hydrogens is 438 g/mol. The first-order chi connectivity index (χ1) is 15.4. The number of pyridine rings is 1. The van der Waals surface area contributed by atoms with Crippen LogP contribution in [0.1, 0.15) is 56.1 Å². The monoisotopic (exact) mass is 470 g/mol. The summed E-state index contributed by atoms with van der Waals surface area (Å²) in [6, 6.07) is 6.55. The van der Waals surface area contributed by atoms with Crippen LogP contribution >= 0.6 is 0 Å². The Kier molecular flexibility index (Phi) is 12.5. The molecule has 1 aromatic carbocycles. The maximum absolute atomic E-state index is 13.0. The third-order valence-corrected chi connectivity index (χ3v) is 4.09. The van der Waals surface area contributed by atoms with Gasteiger partial charge in [-0.3, -0.25) is 10.0 Å². The van der Waals surface area contributed by atoms with Crippen LogP contribution < -0.4 is 15.4 Å². The number of rotatable bonds is 5. The van der Waals surface area contributed by atoms with Crippen molar-refractivity contribution in [2.45, 2.75) is 46.8 Å². The molecule has 0 fully saturated rings. The zero-order chi connectivity index (χ0) is 25.8. The molecule has 0 spiro atoms. The van der Waals surface area contributed by atoms with Crippen molar-refractivity contribution in [2.24, 2.45) is 0 Å². The fraction of sp³-hybridized carbons (Fsp3) is 0.333. The second-order valence-corrected chi connectivity index (χ2v) is 6.81. The molecule has 0 aliphatic heterocycles. The number of aromatic nitrogens is 1. The predicted molar refractivity (Wildman–Crippen MR) is 121 cm³/mol. The van der Waals surface area contributed by atoms with Crippen LogP contribution in [0.15, 0.2) is 55.4 Å². The third-order valence-electron chi connectivity index (χ3n) is 4.09. The summed E-state index contributed by atoms with van der Waals surface area (Å²) in [5.74, 6) is -0.589. The summed E-state index contributed by atoms with van der Waals surface area (Å²) in [5, 5.41) is 14.5. The Morgan fingerprint density at radius 2 is 1.82 bits per heavy atom. The molecule has 2 aromatic rings. The molecule has 1 amide bonds. The Hall–Kier alpha value is -3.36. The van der Waals surface area contributed by atoms with Gasteiger partial charge in [-0.2, -0.15) is 13.2 Å². The van der Waals surface area contributed by atoms with Gasteiger partial charge in [-0.1, -0.05) is 32.6 Å². The van der Waals surface area contributed by atoms with Gasteiger partial charge in [-0.05, 0) is 44.0 Å². The van der Waals surface area contributed by atoms with Gasteiger partial charge in [-0.15, -0.1) is 0 Å². The van der Waals surface area contributed by atoms with Crippen molar-refractivity contribution in [3.05, 3.63) is 83.6 Å². The highest BCUT2D eigenvalue weighted by molar-refractivity contribution is 5.87. The molecular formula is C24H32F4N3O2+. The largest absolute Gasteiger partial charge is 0.482 e. The lowest BCUT2D eigenvalue weighted by molar-refractivity contribution is -0.915. The number of alkyl halides is 3. The molecule has 1 aromatic heterocycles. The lowest BCUT2D eigenvalue weighted by Crippen LogP contribution is -2.40. The lowest BCUT2D eigenvalue weighted by Gasteiger charge is -2.11. The van der Waals surface area contributed by atoms with Gasteiger partial charge in [-0.25, -0.2) is 4.39 Å². The lowest BCUT2D eigenvalue weighted by atomic mass is 10.1. The quantitative estimate of drug-likeness (QED) is 0.239. The van der Waals surface area contributed by atoms with Crippen LogP contribution in [0.2, 0.25) is 0 Å². The smallest absolute Gasteiger partial charge is 0.394 e. The van der Waals surface area contributed by atoms with E-state index in [0.717, 1.165) is 23.4 Å². The zero-order valence-corrected chi connectivity index (χ0v) is 19.7. The van der Waals surface area contributed by atoms with E-state index >= 15 is 0 Å². The number of nitrogens with zero attached hydrogens (tertiary/aromatic N) is 1. The van der Waals surface area contributed by atoms with Gasteiger partial charge in [0.2, 0.25) is 12.1 Å². The Morgan fingerprint density at radius 3 is 2.27 bits per heavy atom. The minimum absolute atomic E-state index is 0.00142. The minimum Gasteiger partial charge on any atom is -0.394 e. The van der Waals surface area contributed by atoms with Crippen molar-refractivity contribution in [3.63, 3.8) is 0 Å². The molecule has 182 valence electrons. The van der Waals surface area contributed by atoms with Crippen molar-refractivity contribution in [3.8, 4) is 0 Å². The van der Waals surface area contributed by atoms with E-state index in [1.54, 1.807) is 27.0 Å². The summed E-state index contributed by atoms with van der Waals surface area (Å²) < 4.78 is 50.4. The predicted octanol–water partition coefficient (Wildman–Crippen LogP) is 5.33. The van der Waals surface area contributed by atoms with Crippen molar-refractivity contribution in [1.82, 2.24) is 10.6 Å². The Bertz CT molecular complexity index is 957. The first-order valence-corrected chi connectivity index (χ1v) is 10.2. The standard InChI is InChI=1S/C12H14F3N3O2.C10H11F.C2H6/c1-8(17-11(19)5-6-16-2)9-3-4-10(12(13,14)15)18(20)7-9;1-7(2)9-5-4-8(3)6-10(9)11;1-2/h3-8H,1-2H3,(H2-,16,17,19,20);4-6H,1H2,2-3H3;1-2H3/p+1/t8-;;/m1../s1. The number of aryl methyl sites for hydroxylation is 1. The van der Waals surface area contributed by atoms with E-state index in [9.17, 15) is 27.6 Å². The number of nitrogens with one attached hydrogen (secondary N) is 2. The molecule has 0 aliphatic carbocycles. The SMILES string of the molecule is C=C(C)c1ccc(C)cc1F.CC.CN/C=C/C(=O)N[C@H](C)c1ccc(C(F)(F)F)[n+](O)c1. The van der Waals surface area contributed by atoms with E-state index in [1.165, 1.54) is 24.4 Å². The average molecular weight is 471 g/mol. The molecule has 1 heterocycles. The molecule has 3 N–H and O–H groups in total. The summed E-state index contributed by atoms with van der Waals surface area (Å²) in [7, 11) is 1.62. The average Bonchev–Trinajstić information content (AvgIpc) is 2.72. The highest BCUT2D eigenvalue weighted by atomic mass is 19.4. The number of carbonyl (C=O) groups excluding carboxylic acids is 1. The molecule has 0 radical (unpaired) electrons. The second-order valence-electron chi connectivity index (χ2n) is 6.81. The minimum atomic E-state index is -4.64. The van der Waals surface area contributed by atoms with E-state index in [4.69, 9.17) is 0 Å². The summed E-state index contributed by atoms with van der Waals surface area (Å²) >= 11 is 0. The van der Waals surface area contributed by atoms with Crippen molar-refractivity contribution in [2.75, 3.05) is 7.05 Å². The third kappa shape index (κ3) is 10.2. The molecule has 1 atom stereocenters. The van der Waals surface area contributed by atoms with Crippen LogP contribution in [0, 0.1) is 12.7 Å². The molecule has 0 saturated carbocycles. The highest BCUT2D eigenvalue weighted by Crippen LogP contribution is 2.26. The maximum Gasteiger partial charge on any atom is 0.482 e. The van der Waals surface area contributed by atoms with Crippen molar-refractivity contribution >= 4 is 11.5 Å². The normalized spacial score (nSPS) is 11.5. The summed E-state index contributed by atoms with van der Waals surface area (Å²) in [4.78, 5) is 11.4. The van der Waals surface area contributed by atoms with E-state index in [2.05, 4.69) is 17.2 Å². The highest BCUT2D eigenvalue weighted by Gasteiger charge is 2.42. The first-order valence-electron chi connectivity index (χ1n) is 10.2. The van der Waals surface area contributed by atoms with E-state index in [0.29, 0.717) is 11.1 Å². The van der Waals surface area contributed by atoms with Crippen LogP contribution in [-0.4, -0.2) is 18.2 Å². The van der Waals surface area contributed by atoms with Gasteiger partial charge in [0.15, 0.2) is 0 Å². The molecule has 2 rings (SSSR count). The Balaban J connectivity index is 0.000000663. The van der Waals surface area contributed by atoms with Crippen LogP contribution in [-0.2, 0) is 11.0 Å². The van der Waals surface area contributed by atoms with Gasteiger partial charge in [0.25, 0.3) is 0 Å². The van der Waals surface area contributed by atoms with E-state index in [1.807, 2.05) is 26.8 Å². The molecule has 0 saturated heterocycles. The fourth-order valence-corrected chi connectivity index (χ4v) is 2.46. The summed E-state index contributed by atoms with van der Waals surface area (Å²) in [5.41, 5.74) is 1.46. The fourth-order valence-electron chi connectivity index (χ4n) is 2.46. The zero-order valence-electron chi connectivity index (χ0n) is 19.7. The van der Waals surface area contributed by atoms with Crippen LogP contribution in [0.4, 0.5) is 17.6 Å². The molecule has 5 nitrogen and oxygen atoms in total. The molecule has 0 unspecified atom stereocenters. The van der Waals surface area contributed by atoms with Crippen LogP contribution in [0.5, 0.6) is 0 Å². The van der Waals surface area contributed by atoms with E-state index in [-0.39, 0.29) is 10.5 Å². The van der Waals surface area contributed by atoms with Gasteiger partial charge in [0, 0.05) is 41.2 Å². The number of halogens is 4. The number of benzene rings is 1. The number of allylic oxidation sites excluding steroid dienone is 1. The topological polar surface area (TPSA) is 65.2 Å². The molecule has 0 bridgehead atoms. The van der Waals surface area contributed by atoms with Gasteiger partial charge in [0.05, 0.1) is 6.04 Å². The number of hydrogen-bond donors (Lipinski definition) is 3. The Morgan fingerprint density at radius 1 is 1.21 bits per heavy atom.